The van der Waals surface area contributed by atoms with E-state index in [-0.39, 0.29) is 22.1 Å². The summed E-state index contributed by atoms with van der Waals surface area (Å²) in [5, 5.41) is 4.15. The maximum Gasteiger partial charge on any atom is 0.446 e. The van der Waals surface area contributed by atoms with E-state index in [0.29, 0.717) is 5.92 Å². The third kappa shape index (κ3) is 5.02. The molecule has 0 aliphatic carbocycles. The molecule has 2 aromatic rings. The zero-order valence-corrected chi connectivity index (χ0v) is 16.7. The second-order valence-corrected chi connectivity index (χ2v) is 9.84. The summed E-state index contributed by atoms with van der Waals surface area (Å²) in [5.41, 5.74) is -2.86. The molecule has 1 aromatic heterocycles. The lowest BCUT2D eigenvalue weighted by Crippen LogP contribution is -2.26. The van der Waals surface area contributed by atoms with Crippen molar-refractivity contribution in [1.29, 1.82) is 0 Å². The number of rotatable bonds is 3. The van der Waals surface area contributed by atoms with Crippen molar-refractivity contribution in [2.24, 2.45) is 0 Å². The molecule has 0 saturated carbocycles. The van der Waals surface area contributed by atoms with E-state index in [9.17, 15) is 13.2 Å². The highest BCUT2D eigenvalue weighted by molar-refractivity contribution is 8.00. The van der Waals surface area contributed by atoms with Gasteiger partial charge in [0.1, 0.15) is 5.01 Å². The number of thioether (sulfide) groups is 1. The molecule has 0 atom stereocenters. The monoisotopic (exact) mass is 400 g/mol. The van der Waals surface area contributed by atoms with E-state index in [1.165, 1.54) is 4.88 Å². The molecular weight excluding hydrogens is 377 g/mol. The van der Waals surface area contributed by atoms with Crippen molar-refractivity contribution in [3.63, 3.8) is 0 Å². The summed E-state index contributed by atoms with van der Waals surface area (Å²) in [6.07, 6.45) is 4.06. The molecule has 0 bridgehead atoms. The fourth-order valence-electron chi connectivity index (χ4n) is 3.06. The van der Waals surface area contributed by atoms with Crippen LogP contribution in [0.4, 0.5) is 13.2 Å². The lowest BCUT2D eigenvalue weighted by molar-refractivity contribution is -0.0328. The molecule has 1 fully saturated rings. The topological polar surface area (TPSA) is 24.9 Å². The molecule has 3 rings (SSSR count). The Labute approximate surface area is 160 Å². The predicted molar refractivity (Wildman–Crippen MR) is 103 cm³/mol. The highest BCUT2D eigenvalue weighted by Crippen LogP contribution is 2.42. The highest BCUT2D eigenvalue weighted by atomic mass is 32.2. The number of thiazole rings is 1. The number of benzene rings is 1. The van der Waals surface area contributed by atoms with Gasteiger partial charge in [-0.1, -0.05) is 20.8 Å². The van der Waals surface area contributed by atoms with Gasteiger partial charge in [-0.25, -0.2) is 4.98 Å². The summed E-state index contributed by atoms with van der Waals surface area (Å²) >= 11 is 1.55. The van der Waals surface area contributed by atoms with Crippen molar-refractivity contribution >= 4 is 23.1 Å². The van der Waals surface area contributed by atoms with Gasteiger partial charge in [0, 0.05) is 21.5 Å². The first-order valence-corrected chi connectivity index (χ1v) is 10.3. The third-order valence-corrected chi connectivity index (χ3v) is 6.43. The first kappa shape index (κ1) is 19.7. The summed E-state index contributed by atoms with van der Waals surface area (Å²) in [6, 6.07) is 5.23. The van der Waals surface area contributed by atoms with Gasteiger partial charge in [0.25, 0.3) is 0 Å². The van der Waals surface area contributed by atoms with Gasteiger partial charge >= 0.3 is 5.51 Å². The number of alkyl halides is 3. The summed E-state index contributed by atoms with van der Waals surface area (Å²) in [5.74, 6) is 0.498. The average molecular weight is 401 g/mol. The zero-order chi connectivity index (χ0) is 18.9. The normalized spacial score (nSPS) is 16.8. The van der Waals surface area contributed by atoms with Crippen LogP contribution in [0.1, 0.15) is 50.0 Å². The van der Waals surface area contributed by atoms with Gasteiger partial charge in [-0.05, 0) is 72.8 Å². The van der Waals surface area contributed by atoms with Gasteiger partial charge < -0.3 is 5.32 Å². The maximum absolute atomic E-state index is 12.9. The molecule has 26 heavy (non-hydrogen) atoms. The molecule has 0 radical (unpaired) electrons. The van der Waals surface area contributed by atoms with Gasteiger partial charge in [0.2, 0.25) is 0 Å². The first-order valence-electron chi connectivity index (χ1n) is 8.70. The van der Waals surface area contributed by atoms with E-state index in [1.54, 1.807) is 23.5 Å². The minimum Gasteiger partial charge on any atom is -0.317 e. The quantitative estimate of drug-likeness (QED) is 0.622. The van der Waals surface area contributed by atoms with E-state index < -0.39 is 5.51 Å². The Hall–Kier alpha value is -1.05. The second kappa shape index (κ2) is 7.52. The predicted octanol–water partition coefficient (Wildman–Crippen LogP) is 6.19. The van der Waals surface area contributed by atoms with E-state index in [4.69, 9.17) is 0 Å². The van der Waals surface area contributed by atoms with Gasteiger partial charge in [-0.2, -0.15) is 13.2 Å². The van der Waals surface area contributed by atoms with Crippen LogP contribution >= 0.6 is 23.1 Å². The molecule has 2 nitrogen and oxygen atoms in total. The SMILES string of the molecule is CC(C)(C)c1cc(SC(F)(F)F)cc(-c2ncc(C3CCNCC3)s2)c1. The van der Waals surface area contributed by atoms with Crippen molar-refractivity contribution < 1.29 is 13.2 Å². The summed E-state index contributed by atoms with van der Waals surface area (Å²) in [6.45, 7) is 8.04. The number of hydrogen-bond acceptors (Lipinski definition) is 4. The molecule has 7 heteroatoms. The smallest absolute Gasteiger partial charge is 0.317 e. The van der Waals surface area contributed by atoms with Crippen molar-refractivity contribution in [3.8, 4) is 10.6 Å². The molecule has 2 heterocycles. The Morgan fingerprint density at radius 1 is 1.12 bits per heavy atom. The molecule has 1 aromatic carbocycles. The largest absolute Gasteiger partial charge is 0.446 e. The Morgan fingerprint density at radius 3 is 2.42 bits per heavy atom. The number of aromatic nitrogens is 1. The fourth-order valence-corrected chi connectivity index (χ4v) is 4.77. The Morgan fingerprint density at radius 2 is 1.81 bits per heavy atom. The highest BCUT2D eigenvalue weighted by Gasteiger charge is 2.30. The number of nitrogens with zero attached hydrogens (tertiary/aromatic N) is 1. The fraction of sp³-hybridized carbons (Fsp3) is 0.526. The van der Waals surface area contributed by atoms with Crippen molar-refractivity contribution in [2.75, 3.05) is 13.1 Å². The van der Waals surface area contributed by atoms with Crippen molar-refractivity contribution in [1.82, 2.24) is 10.3 Å². The Kier molecular flexibility index (Phi) is 5.70. The molecule has 1 aliphatic heterocycles. The first-order chi connectivity index (χ1) is 12.1. The van der Waals surface area contributed by atoms with Gasteiger partial charge in [-0.3, -0.25) is 0 Å². The molecule has 1 N–H and O–H groups in total. The molecule has 0 amide bonds. The van der Waals surface area contributed by atoms with E-state index >= 15 is 0 Å². The number of piperidine rings is 1. The lowest BCUT2D eigenvalue weighted by Gasteiger charge is -2.21. The van der Waals surface area contributed by atoms with E-state index in [1.807, 2.05) is 33.0 Å². The van der Waals surface area contributed by atoms with Gasteiger partial charge in [-0.15, -0.1) is 11.3 Å². The minimum absolute atomic E-state index is 0.0567. The average Bonchev–Trinajstić information content (AvgIpc) is 3.03. The third-order valence-electron chi connectivity index (χ3n) is 4.52. The molecule has 1 saturated heterocycles. The van der Waals surface area contributed by atoms with Crippen LogP contribution in [0.25, 0.3) is 10.6 Å². The zero-order valence-electron chi connectivity index (χ0n) is 15.1. The van der Waals surface area contributed by atoms with Gasteiger partial charge in [0.15, 0.2) is 0 Å². The van der Waals surface area contributed by atoms with E-state index in [2.05, 4.69) is 10.3 Å². The van der Waals surface area contributed by atoms with Crippen molar-refractivity contribution in [2.45, 2.75) is 55.3 Å². The minimum atomic E-state index is -4.29. The van der Waals surface area contributed by atoms with Crippen LogP contribution in [0.2, 0.25) is 0 Å². The van der Waals surface area contributed by atoms with Crippen LogP contribution in [-0.4, -0.2) is 23.6 Å². The van der Waals surface area contributed by atoms with Crippen molar-refractivity contribution in [3.05, 3.63) is 34.8 Å². The van der Waals surface area contributed by atoms with Gasteiger partial charge in [0.05, 0.1) is 0 Å². The van der Waals surface area contributed by atoms with Crippen LogP contribution < -0.4 is 5.32 Å². The van der Waals surface area contributed by atoms with E-state index in [0.717, 1.165) is 42.1 Å². The molecular formula is C19H23F3N2S2. The number of nitrogens with one attached hydrogen (secondary N) is 1. The van der Waals surface area contributed by atoms with Crippen LogP contribution in [0.3, 0.4) is 0 Å². The lowest BCUT2D eigenvalue weighted by atomic mass is 9.86. The second-order valence-electron chi connectivity index (χ2n) is 7.64. The maximum atomic E-state index is 12.9. The molecule has 1 aliphatic rings. The summed E-state index contributed by atoms with van der Waals surface area (Å²) in [4.78, 5) is 5.98. The van der Waals surface area contributed by atoms with Crippen LogP contribution in [0.15, 0.2) is 29.3 Å². The molecule has 142 valence electrons. The van der Waals surface area contributed by atoms with Crippen LogP contribution in [0, 0.1) is 0 Å². The Balaban J connectivity index is 1.95. The summed E-state index contributed by atoms with van der Waals surface area (Å²) in [7, 11) is 0. The number of halogens is 3. The van der Waals surface area contributed by atoms with Crippen LogP contribution in [-0.2, 0) is 5.41 Å². The van der Waals surface area contributed by atoms with Crippen LogP contribution in [0.5, 0.6) is 0 Å². The Bertz CT molecular complexity index is 757. The molecule has 0 unspecified atom stereocenters. The number of hydrogen-bond donors (Lipinski definition) is 1. The summed E-state index contributed by atoms with van der Waals surface area (Å²) < 4.78 is 38.7. The standard InChI is InChI=1S/C19H23F3N2S2/c1-18(2,3)14-8-13(9-15(10-14)26-19(20,21)22)17-24-11-16(25-17)12-4-6-23-7-5-12/h8-12,23H,4-7H2,1-3H3. The molecule has 0 spiro atoms.